The van der Waals surface area contributed by atoms with E-state index in [0.29, 0.717) is 5.56 Å². The highest BCUT2D eigenvalue weighted by Gasteiger charge is 2.09. The summed E-state index contributed by atoms with van der Waals surface area (Å²) in [4.78, 5) is 12.0. The smallest absolute Gasteiger partial charge is 0.239 e. The second-order valence-electron chi connectivity index (χ2n) is 4.89. The molecule has 0 aliphatic carbocycles. The molecule has 0 saturated heterocycles. The van der Waals surface area contributed by atoms with Gasteiger partial charge in [-0.25, -0.2) is 0 Å². The average Bonchev–Trinajstić information content (AvgIpc) is 2.53. The molecular formula is C17H16BrN3O. The van der Waals surface area contributed by atoms with E-state index < -0.39 is 0 Å². The number of carbonyl (C=O) groups is 1. The minimum absolute atomic E-state index is 0.0623. The van der Waals surface area contributed by atoms with Crippen LogP contribution >= 0.6 is 15.9 Å². The highest BCUT2D eigenvalue weighted by molar-refractivity contribution is 9.10. The Bertz CT molecular complexity index is 692. The van der Waals surface area contributed by atoms with E-state index in [9.17, 15) is 4.79 Å². The highest BCUT2D eigenvalue weighted by atomic mass is 79.9. The first-order valence-corrected chi connectivity index (χ1v) is 7.66. The average molecular weight is 358 g/mol. The van der Waals surface area contributed by atoms with Gasteiger partial charge in [-0.3, -0.25) is 4.79 Å². The maximum atomic E-state index is 12.0. The number of nitriles is 1. The van der Waals surface area contributed by atoms with Crippen molar-refractivity contribution in [1.29, 1.82) is 5.26 Å². The van der Waals surface area contributed by atoms with Crippen LogP contribution in [0.3, 0.4) is 0 Å². The van der Waals surface area contributed by atoms with Crippen molar-refractivity contribution in [2.24, 2.45) is 0 Å². The Balaban J connectivity index is 1.86. The van der Waals surface area contributed by atoms with Gasteiger partial charge >= 0.3 is 0 Å². The van der Waals surface area contributed by atoms with E-state index in [2.05, 4.69) is 32.6 Å². The maximum Gasteiger partial charge on any atom is 0.239 e. The number of hydrogen-bond acceptors (Lipinski definition) is 3. The van der Waals surface area contributed by atoms with Gasteiger partial charge in [0.15, 0.2) is 0 Å². The number of nitrogens with zero attached hydrogens (tertiary/aromatic N) is 1. The van der Waals surface area contributed by atoms with Crippen LogP contribution in [0.2, 0.25) is 0 Å². The number of amides is 1. The Morgan fingerprint density at radius 1 is 1.27 bits per heavy atom. The summed E-state index contributed by atoms with van der Waals surface area (Å²) >= 11 is 3.42. The first-order chi connectivity index (χ1) is 10.6. The lowest BCUT2D eigenvalue weighted by Gasteiger charge is -2.15. The molecule has 0 aliphatic heterocycles. The Kier molecular flexibility index (Phi) is 5.56. The number of carbonyl (C=O) groups excluding carboxylic acids is 1. The van der Waals surface area contributed by atoms with Crippen molar-refractivity contribution in [2.75, 3.05) is 11.9 Å². The van der Waals surface area contributed by atoms with Gasteiger partial charge in [0.25, 0.3) is 0 Å². The first-order valence-electron chi connectivity index (χ1n) is 6.87. The molecule has 0 aromatic heterocycles. The maximum absolute atomic E-state index is 12.0. The quantitative estimate of drug-likeness (QED) is 0.858. The molecule has 0 saturated carbocycles. The van der Waals surface area contributed by atoms with Gasteiger partial charge in [0, 0.05) is 10.2 Å². The predicted octanol–water partition coefficient (Wildman–Crippen LogP) is 3.61. The number of nitrogens with one attached hydrogen (secondary N) is 2. The van der Waals surface area contributed by atoms with Crippen molar-refractivity contribution in [3.8, 4) is 6.07 Å². The van der Waals surface area contributed by atoms with Crippen LogP contribution in [0.15, 0.2) is 53.0 Å². The molecule has 112 valence electrons. The van der Waals surface area contributed by atoms with Crippen molar-refractivity contribution in [1.82, 2.24) is 5.32 Å². The first kappa shape index (κ1) is 16.1. The summed E-state index contributed by atoms with van der Waals surface area (Å²) in [5.41, 5.74) is 2.45. The van der Waals surface area contributed by atoms with E-state index >= 15 is 0 Å². The third kappa shape index (κ3) is 4.61. The zero-order valence-corrected chi connectivity index (χ0v) is 13.7. The molecule has 0 bridgehead atoms. The predicted molar refractivity (Wildman–Crippen MR) is 90.3 cm³/mol. The van der Waals surface area contributed by atoms with Crippen molar-refractivity contribution in [3.63, 3.8) is 0 Å². The molecule has 0 spiro atoms. The van der Waals surface area contributed by atoms with Crippen molar-refractivity contribution in [2.45, 2.75) is 13.0 Å². The lowest BCUT2D eigenvalue weighted by molar-refractivity contribution is -0.120. The van der Waals surface area contributed by atoms with Crippen LogP contribution in [-0.4, -0.2) is 12.5 Å². The molecule has 2 aromatic carbocycles. The molecule has 5 heteroatoms. The van der Waals surface area contributed by atoms with E-state index in [4.69, 9.17) is 5.26 Å². The number of benzene rings is 2. The topological polar surface area (TPSA) is 64.9 Å². The van der Waals surface area contributed by atoms with E-state index in [1.54, 1.807) is 24.3 Å². The monoisotopic (exact) mass is 357 g/mol. The largest absolute Gasteiger partial charge is 0.376 e. The van der Waals surface area contributed by atoms with Crippen molar-refractivity contribution >= 4 is 27.5 Å². The molecule has 2 rings (SSSR count). The van der Waals surface area contributed by atoms with Gasteiger partial charge in [-0.15, -0.1) is 0 Å². The third-order valence-corrected chi connectivity index (χ3v) is 3.69. The Labute approximate surface area is 138 Å². The van der Waals surface area contributed by atoms with Crippen molar-refractivity contribution < 1.29 is 4.79 Å². The molecule has 1 unspecified atom stereocenters. The molecule has 0 heterocycles. The van der Waals surface area contributed by atoms with Crippen molar-refractivity contribution in [3.05, 3.63) is 64.1 Å². The Morgan fingerprint density at radius 3 is 2.64 bits per heavy atom. The molecule has 1 amide bonds. The zero-order valence-electron chi connectivity index (χ0n) is 12.1. The molecule has 4 nitrogen and oxygen atoms in total. The highest BCUT2D eigenvalue weighted by Crippen LogP contribution is 2.17. The molecule has 0 fully saturated rings. The zero-order chi connectivity index (χ0) is 15.9. The van der Waals surface area contributed by atoms with Crippen LogP contribution in [0, 0.1) is 11.3 Å². The minimum Gasteiger partial charge on any atom is -0.376 e. The van der Waals surface area contributed by atoms with Crippen LogP contribution in [0.4, 0.5) is 5.69 Å². The molecule has 0 aliphatic rings. The SMILES string of the molecule is CC(NC(=O)CNc1ccc(C#N)cc1)c1cccc(Br)c1. The van der Waals surface area contributed by atoms with E-state index in [1.807, 2.05) is 31.2 Å². The van der Waals surface area contributed by atoms with E-state index in [0.717, 1.165) is 15.7 Å². The Morgan fingerprint density at radius 2 is 2.00 bits per heavy atom. The molecule has 1 atom stereocenters. The van der Waals surface area contributed by atoms with E-state index in [-0.39, 0.29) is 18.5 Å². The van der Waals surface area contributed by atoms with Gasteiger partial charge in [-0.2, -0.15) is 5.26 Å². The standard InChI is InChI=1S/C17H16BrN3O/c1-12(14-3-2-4-15(18)9-14)21-17(22)11-20-16-7-5-13(10-19)6-8-16/h2-9,12,20H,11H2,1H3,(H,21,22). The molecule has 22 heavy (non-hydrogen) atoms. The fourth-order valence-electron chi connectivity index (χ4n) is 2.00. The second-order valence-corrected chi connectivity index (χ2v) is 5.80. The fraction of sp³-hybridized carbons (Fsp3) is 0.176. The minimum atomic E-state index is -0.0863. The summed E-state index contributed by atoms with van der Waals surface area (Å²) in [5.74, 6) is -0.0863. The van der Waals surface area contributed by atoms with Crippen LogP contribution in [0.1, 0.15) is 24.1 Å². The number of rotatable bonds is 5. The Hall–Kier alpha value is -2.32. The van der Waals surface area contributed by atoms with Crippen LogP contribution < -0.4 is 10.6 Å². The van der Waals surface area contributed by atoms with Gasteiger partial charge in [0.05, 0.1) is 24.2 Å². The number of hydrogen-bond donors (Lipinski definition) is 2. The summed E-state index contributed by atoms with van der Waals surface area (Å²) in [7, 11) is 0. The second kappa shape index (κ2) is 7.62. The summed E-state index contributed by atoms with van der Waals surface area (Å²) < 4.78 is 0.988. The van der Waals surface area contributed by atoms with Crippen LogP contribution in [0.25, 0.3) is 0 Å². The van der Waals surface area contributed by atoms with Gasteiger partial charge in [-0.1, -0.05) is 28.1 Å². The summed E-state index contributed by atoms with van der Waals surface area (Å²) in [5, 5.41) is 14.7. The lowest BCUT2D eigenvalue weighted by Crippen LogP contribution is -2.32. The number of halogens is 1. The summed E-state index contributed by atoms with van der Waals surface area (Å²) in [6.45, 7) is 2.13. The molecule has 2 aromatic rings. The molecular weight excluding hydrogens is 342 g/mol. The van der Waals surface area contributed by atoms with E-state index in [1.165, 1.54) is 0 Å². The van der Waals surface area contributed by atoms with Gasteiger partial charge in [0.2, 0.25) is 5.91 Å². The third-order valence-electron chi connectivity index (χ3n) is 3.19. The van der Waals surface area contributed by atoms with Crippen LogP contribution in [0.5, 0.6) is 0 Å². The summed E-state index contributed by atoms with van der Waals surface area (Å²) in [6, 6.07) is 16.8. The summed E-state index contributed by atoms with van der Waals surface area (Å²) in [6.07, 6.45) is 0. The fourth-order valence-corrected chi connectivity index (χ4v) is 2.41. The van der Waals surface area contributed by atoms with Crippen LogP contribution in [-0.2, 0) is 4.79 Å². The molecule has 0 radical (unpaired) electrons. The number of anilines is 1. The lowest BCUT2D eigenvalue weighted by atomic mass is 10.1. The van der Waals surface area contributed by atoms with Gasteiger partial charge in [-0.05, 0) is 48.9 Å². The molecule has 2 N–H and O–H groups in total. The van der Waals surface area contributed by atoms with Gasteiger partial charge in [0.1, 0.15) is 0 Å². The van der Waals surface area contributed by atoms with Gasteiger partial charge < -0.3 is 10.6 Å². The normalized spacial score (nSPS) is 11.3.